The lowest BCUT2D eigenvalue weighted by Crippen LogP contribution is -2.27. The minimum Gasteiger partial charge on any atom is -0.379 e. The lowest BCUT2D eigenvalue weighted by atomic mass is 9.97. The molecule has 2 aromatic rings. The maximum absolute atomic E-state index is 11.9. The average molecular weight is 379 g/mol. The maximum atomic E-state index is 11.9. The van der Waals surface area contributed by atoms with Gasteiger partial charge in [0.25, 0.3) is 5.56 Å². The van der Waals surface area contributed by atoms with Gasteiger partial charge in [0.1, 0.15) is 11.3 Å². The highest BCUT2D eigenvalue weighted by Gasteiger charge is 2.21. The number of aryl methyl sites for hydroxylation is 1. The van der Waals surface area contributed by atoms with Crippen molar-refractivity contribution in [2.45, 2.75) is 38.5 Å². The molecule has 0 bridgehead atoms. The summed E-state index contributed by atoms with van der Waals surface area (Å²) in [4.78, 5) is 14.8. The summed E-state index contributed by atoms with van der Waals surface area (Å²) in [5.41, 5.74) is 3.16. The second-order valence-electron chi connectivity index (χ2n) is 6.16. The van der Waals surface area contributed by atoms with E-state index in [-0.39, 0.29) is 16.6 Å². The van der Waals surface area contributed by atoms with Gasteiger partial charge in [0.05, 0.1) is 0 Å². The lowest BCUT2D eigenvalue weighted by molar-refractivity contribution is 0.157. The number of aliphatic hydroxyl groups is 1. The molecule has 1 fully saturated rings. The number of aliphatic hydroxyl groups excluding tert-OH is 1. The van der Waals surface area contributed by atoms with E-state index in [4.69, 9.17) is 23.2 Å². The van der Waals surface area contributed by atoms with Crippen molar-refractivity contribution in [3.8, 4) is 0 Å². The summed E-state index contributed by atoms with van der Waals surface area (Å²) in [6.45, 7) is 2.05. The monoisotopic (exact) mass is 378 g/mol. The van der Waals surface area contributed by atoms with Gasteiger partial charge in [-0.25, -0.2) is 0 Å². The predicted molar refractivity (Wildman–Crippen MR) is 102 cm³/mol. The number of hydrogen-bond donors (Lipinski definition) is 3. The van der Waals surface area contributed by atoms with Gasteiger partial charge in [-0.2, -0.15) is 0 Å². The zero-order chi connectivity index (χ0) is 18.0. The zero-order valence-corrected chi connectivity index (χ0v) is 15.4. The van der Waals surface area contributed by atoms with Crippen molar-refractivity contribution in [1.82, 2.24) is 10.3 Å². The molecular formula is C19H20Cl2N2O2. The Labute approximate surface area is 156 Å². The molecule has 1 aliphatic heterocycles. The number of nitrogens with one attached hydrogen (secondary N) is 2. The summed E-state index contributed by atoms with van der Waals surface area (Å²) < 4.78 is 0. The van der Waals surface area contributed by atoms with E-state index in [9.17, 15) is 9.90 Å². The van der Waals surface area contributed by atoms with Crippen LogP contribution in [0.15, 0.2) is 41.2 Å². The number of hydrogen-bond acceptors (Lipinski definition) is 3. The van der Waals surface area contributed by atoms with E-state index >= 15 is 0 Å². The van der Waals surface area contributed by atoms with E-state index in [1.54, 1.807) is 12.1 Å². The number of pyridine rings is 1. The summed E-state index contributed by atoms with van der Waals surface area (Å²) >= 11 is 12.2. The number of aromatic nitrogens is 1. The fraction of sp³-hybridized carbons (Fsp3) is 0.316. The summed E-state index contributed by atoms with van der Waals surface area (Å²) in [5, 5.41) is 13.7. The highest BCUT2D eigenvalue weighted by atomic mass is 35.5. The van der Waals surface area contributed by atoms with Gasteiger partial charge in [-0.1, -0.05) is 48.3 Å². The van der Waals surface area contributed by atoms with Crippen LogP contribution in [0.3, 0.4) is 0 Å². The van der Waals surface area contributed by atoms with Gasteiger partial charge in [-0.05, 0) is 48.6 Å². The molecule has 1 aliphatic rings. The predicted octanol–water partition coefficient (Wildman–Crippen LogP) is 3.75. The second kappa shape index (κ2) is 7.75. The summed E-state index contributed by atoms with van der Waals surface area (Å²) in [6.07, 6.45) is 3.89. The van der Waals surface area contributed by atoms with Crippen LogP contribution in [0.4, 0.5) is 0 Å². The average Bonchev–Trinajstić information content (AvgIpc) is 3.00. The van der Waals surface area contributed by atoms with Crippen LogP contribution in [0.25, 0.3) is 5.57 Å². The van der Waals surface area contributed by atoms with Gasteiger partial charge in [0.15, 0.2) is 0 Å². The quantitative estimate of drug-likeness (QED) is 0.758. The third kappa shape index (κ3) is 4.15. The molecule has 1 aromatic heterocycles. The van der Waals surface area contributed by atoms with E-state index in [0.29, 0.717) is 17.1 Å². The van der Waals surface area contributed by atoms with E-state index in [0.717, 1.165) is 29.5 Å². The third-order valence-electron chi connectivity index (χ3n) is 4.42. The topological polar surface area (TPSA) is 65.1 Å². The second-order valence-corrected chi connectivity index (χ2v) is 6.97. The highest BCUT2D eigenvalue weighted by molar-refractivity contribution is 6.31. The lowest BCUT2D eigenvalue weighted by Gasteiger charge is -2.14. The standard InChI is InChI=1S/C19H20Cl2N2O2/c1-2-11-3-4-12(9-16(11)21)14(10-13-5-8-18(24)22-13)17-7-6-15(20)19(25)23-17/h3-4,6-7,9-10,13,18,22,24H,2,5,8H2,1H3,(H,23,25)/b14-10+/t13-,18?/m1/s1. The first-order valence-corrected chi connectivity index (χ1v) is 9.07. The van der Waals surface area contributed by atoms with Crippen molar-refractivity contribution in [3.63, 3.8) is 0 Å². The molecule has 2 atom stereocenters. The van der Waals surface area contributed by atoms with Crippen molar-refractivity contribution in [3.05, 3.63) is 73.6 Å². The fourth-order valence-corrected chi connectivity index (χ4v) is 3.46. The maximum Gasteiger partial charge on any atom is 0.267 e. The molecular weight excluding hydrogens is 359 g/mol. The molecule has 1 saturated heterocycles. The minimum absolute atomic E-state index is 0.0220. The van der Waals surface area contributed by atoms with Crippen molar-refractivity contribution < 1.29 is 5.11 Å². The van der Waals surface area contributed by atoms with Crippen LogP contribution in [-0.2, 0) is 6.42 Å². The van der Waals surface area contributed by atoms with E-state index in [2.05, 4.69) is 17.2 Å². The summed E-state index contributed by atoms with van der Waals surface area (Å²) in [6, 6.07) is 9.29. The Kier molecular flexibility index (Phi) is 5.64. The van der Waals surface area contributed by atoms with Crippen LogP contribution in [-0.4, -0.2) is 22.4 Å². The van der Waals surface area contributed by atoms with Crippen LogP contribution in [0.5, 0.6) is 0 Å². The van der Waals surface area contributed by atoms with E-state index in [1.165, 1.54) is 0 Å². The smallest absolute Gasteiger partial charge is 0.267 e. The molecule has 0 amide bonds. The molecule has 132 valence electrons. The molecule has 2 heterocycles. The van der Waals surface area contributed by atoms with Crippen molar-refractivity contribution in [2.24, 2.45) is 0 Å². The van der Waals surface area contributed by atoms with Crippen molar-refractivity contribution in [1.29, 1.82) is 0 Å². The molecule has 1 aromatic carbocycles. The largest absolute Gasteiger partial charge is 0.379 e. The first kappa shape index (κ1) is 18.2. The van der Waals surface area contributed by atoms with Crippen LogP contribution in [0.2, 0.25) is 10.0 Å². The SMILES string of the molecule is CCc1ccc(/C(=C\[C@H]2CCC(O)N2)c2ccc(Cl)c(=O)[nH]2)cc1Cl. The number of aromatic amines is 1. The normalized spacial score (nSPS) is 20.9. The third-order valence-corrected chi connectivity index (χ3v) is 5.07. The Bertz CT molecular complexity index is 861. The van der Waals surface area contributed by atoms with Crippen LogP contribution in [0, 0.1) is 0 Å². The number of benzene rings is 1. The van der Waals surface area contributed by atoms with Gasteiger partial charge < -0.3 is 10.1 Å². The van der Waals surface area contributed by atoms with Gasteiger partial charge >= 0.3 is 0 Å². The summed E-state index contributed by atoms with van der Waals surface area (Å²) in [5.74, 6) is 0. The van der Waals surface area contributed by atoms with Gasteiger partial charge in [0, 0.05) is 22.3 Å². The molecule has 0 radical (unpaired) electrons. The van der Waals surface area contributed by atoms with E-state index in [1.807, 2.05) is 24.3 Å². The number of rotatable bonds is 4. The molecule has 0 saturated carbocycles. The van der Waals surface area contributed by atoms with Crippen LogP contribution >= 0.6 is 23.2 Å². The van der Waals surface area contributed by atoms with Gasteiger partial charge in [0.2, 0.25) is 0 Å². The minimum atomic E-state index is -0.502. The number of H-pyrrole nitrogens is 1. The van der Waals surface area contributed by atoms with E-state index < -0.39 is 6.23 Å². The van der Waals surface area contributed by atoms with Crippen molar-refractivity contribution in [2.75, 3.05) is 0 Å². The Hall–Kier alpha value is -1.59. The molecule has 0 spiro atoms. The molecule has 3 N–H and O–H groups in total. The van der Waals surface area contributed by atoms with Crippen LogP contribution < -0.4 is 10.9 Å². The number of halogens is 2. The Morgan fingerprint density at radius 2 is 2.04 bits per heavy atom. The summed E-state index contributed by atoms with van der Waals surface area (Å²) in [7, 11) is 0. The Morgan fingerprint density at radius 3 is 2.64 bits per heavy atom. The zero-order valence-electron chi connectivity index (χ0n) is 13.9. The highest BCUT2D eigenvalue weighted by Crippen LogP contribution is 2.28. The molecule has 0 aliphatic carbocycles. The fourth-order valence-electron chi connectivity index (χ4n) is 3.04. The molecule has 3 rings (SSSR count). The molecule has 6 heteroatoms. The Balaban J connectivity index is 2.08. The molecule has 1 unspecified atom stereocenters. The van der Waals surface area contributed by atoms with Gasteiger partial charge in [-0.15, -0.1) is 0 Å². The van der Waals surface area contributed by atoms with Crippen molar-refractivity contribution >= 4 is 28.8 Å². The van der Waals surface area contributed by atoms with Gasteiger partial charge in [-0.3, -0.25) is 10.1 Å². The Morgan fingerprint density at radius 1 is 1.24 bits per heavy atom. The first-order chi connectivity index (χ1) is 12.0. The van der Waals surface area contributed by atoms with Crippen LogP contribution in [0.1, 0.15) is 36.6 Å². The molecule has 4 nitrogen and oxygen atoms in total. The molecule has 25 heavy (non-hydrogen) atoms. The first-order valence-electron chi connectivity index (χ1n) is 8.32.